The number of fused-ring (bicyclic) bond motifs is 1. The monoisotopic (exact) mass is 433 g/mol. The van der Waals surface area contributed by atoms with Crippen molar-refractivity contribution >= 4 is 23.3 Å². The lowest BCUT2D eigenvalue weighted by Gasteiger charge is -2.09. The molecule has 0 unspecified atom stereocenters. The molecule has 0 aliphatic carbocycles. The summed E-state index contributed by atoms with van der Waals surface area (Å²) in [5.74, 6) is -0.241. The average Bonchev–Trinajstić information content (AvgIpc) is 3.02. The largest absolute Gasteiger partial charge is 0.586 e. The Hall–Kier alpha value is -3.26. The van der Waals surface area contributed by atoms with E-state index >= 15 is 0 Å². The number of amides is 1. The van der Waals surface area contributed by atoms with Crippen LogP contribution in [0.15, 0.2) is 48.9 Å². The van der Waals surface area contributed by atoms with Gasteiger partial charge in [-0.25, -0.2) is 4.98 Å². The number of halogens is 3. The van der Waals surface area contributed by atoms with E-state index in [4.69, 9.17) is 11.6 Å². The molecule has 0 spiro atoms. The quantitative estimate of drug-likeness (QED) is 0.573. The Morgan fingerprint density at radius 2 is 1.80 bits per heavy atom. The number of aromatic nitrogens is 2. The highest BCUT2D eigenvalue weighted by atomic mass is 35.5. The van der Waals surface area contributed by atoms with Crippen LogP contribution in [-0.2, 0) is 0 Å². The van der Waals surface area contributed by atoms with Gasteiger partial charge in [-0.15, -0.1) is 8.78 Å². The zero-order valence-electron chi connectivity index (χ0n) is 16.4. The highest BCUT2D eigenvalue weighted by molar-refractivity contribution is 6.33. The van der Waals surface area contributed by atoms with Gasteiger partial charge in [0.05, 0.1) is 5.02 Å². The molecule has 0 atom stereocenters. The van der Waals surface area contributed by atoms with Crippen LogP contribution in [0.1, 0.15) is 29.8 Å². The second-order valence-electron chi connectivity index (χ2n) is 6.02. The summed E-state index contributed by atoms with van der Waals surface area (Å²) < 4.78 is 35.2. The van der Waals surface area contributed by atoms with Gasteiger partial charge in [-0.3, -0.25) is 9.78 Å². The lowest BCUT2D eigenvalue weighted by atomic mass is 10.1. The highest BCUT2D eigenvalue weighted by Crippen LogP contribution is 2.45. The first-order valence-corrected chi connectivity index (χ1v) is 9.48. The molecule has 1 amide bonds. The molecule has 4 rings (SSSR count). The normalized spacial score (nSPS) is 13.3. The van der Waals surface area contributed by atoms with E-state index < -0.39 is 6.29 Å². The summed E-state index contributed by atoms with van der Waals surface area (Å²) in [4.78, 5) is 20.5. The molecule has 1 N–H and O–H groups in total. The summed E-state index contributed by atoms with van der Waals surface area (Å²) in [5, 5.41) is 2.89. The molecule has 6 nitrogen and oxygen atoms in total. The van der Waals surface area contributed by atoms with Crippen molar-refractivity contribution in [2.75, 3.05) is 5.32 Å². The van der Waals surface area contributed by atoms with Gasteiger partial charge in [-0.2, -0.15) is 0 Å². The van der Waals surface area contributed by atoms with E-state index in [-0.39, 0.29) is 22.4 Å². The fourth-order valence-corrected chi connectivity index (χ4v) is 2.99. The number of carbonyl (C=O) groups excluding carboxylic acids is 1. The summed E-state index contributed by atoms with van der Waals surface area (Å²) in [6, 6.07) is 7.47. The summed E-state index contributed by atoms with van der Waals surface area (Å²) >= 11 is 6.17. The maximum Gasteiger partial charge on any atom is 0.586 e. The second kappa shape index (κ2) is 8.62. The van der Waals surface area contributed by atoms with Crippen molar-refractivity contribution in [3.05, 3.63) is 65.1 Å². The van der Waals surface area contributed by atoms with Gasteiger partial charge in [0.1, 0.15) is 5.82 Å². The summed E-state index contributed by atoms with van der Waals surface area (Å²) in [5.41, 5.74) is 2.22. The minimum Gasteiger partial charge on any atom is -0.395 e. The van der Waals surface area contributed by atoms with Crippen molar-refractivity contribution in [2.24, 2.45) is 0 Å². The number of pyridine rings is 2. The van der Waals surface area contributed by atoms with Gasteiger partial charge in [-0.05, 0) is 36.8 Å². The predicted octanol–water partition coefficient (Wildman–Crippen LogP) is 5.71. The van der Waals surface area contributed by atoms with Crippen LogP contribution >= 0.6 is 11.6 Å². The number of alkyl halides is 2. The molecule has 0 fully saturated rings. The van der Waals surface area contributed by atoms with E-state index in [0.717, 1.165) is 5.56 Å². The van der Waals surface area contributed by atoms with Crippen LogP contribution in [0.5, 0.6) is 11.5 Å². The highest BCUT2D eigenvalue weighted by Gasteiger charge is 2.43. The van der Waals surface area contributed by atoms with E-state index in [1.807, 2.05) is 13.8 Å². The van der Waals surface area contributed by atoms with Crippen LogP contribution in [0.3, 0.4) is 0 Å². The van der Waals surface area contributed by atoms with Gasteiger partial charge in [0.15, 0.2) is 11.5 Å². The van der Waals surface area contributed by atoms with Crippen LogP contribution in [0.4, 0.5) is 14.6 Å². The zero-order chi connectivity index (χ0) is 21.9. The topological polar surface area (TPSA) is 73.3 Å². The molecule has 0 saturated heterocycles. The van der Waals surface area contributed by atoms with E-state index in [0.29, 0.717) is 22.5 Å². The van der Waals surface area contributed by atoms with Gasteiger partial charge >= 0.3 is 6.29 Å². The Morgan fingerprint density at radius 1 is 1.10 bits per heavy atom. The number of ether oxygens (including phenoxy) is 2. The maximum absolute atomic E-state index is 13.2. The molecule has 0 saturated carbocycles. The third kappa shape index (κ3) is 4.49. The number of hydrogen-bond donors (Lipinski definition) is 1. The third-order valence-corrected chi connectivity index (χ3v) is 4.38. The van der Waals surface area contributed by atoms with Crippen molar-refractivity contribution in [1.82, 2.24) is 9.97 Å². The van der Waals surface area contributed by atoms with Gasteiger partial charge < -0.3 is 14.8 Å². The van der Waals surface area contributed by atoms with Crippen LogP contribution in [0.2, 0.25) is 5.02 Å². The maximum atomic E-state index is 13.2. The predicted molar refractivity (Wildman–Crippen MR) is 109 cm³/mol. The van der Waals surface area contributed by atoms with Crippen molar-refractivity contribution in [3.63, 3.8) is 0 Å². The molecule has 0 radical (unpaired) electrons. The number of carbonyl (C=O) groups is 1. The minimum absolute atomic E-state index is 0.116. The first-order chi connectivity index (χ1) is 14.3. The minimum atomic E-state index is -3.72. The van der Waals surface area contributed by atoms with Gasteiger partial charge in [0.25, 0.3) is 5.91 Å². The number of nitrogens with zero attached hydrogens (tertiary/aromatic N) is 2. The van der Waals surface area contributed by atoms with Crippen LogP contribution in [0, 0.1) is 6.92 Å². The Morgan fingerprint density at radius 3 is 2.43 bits per heavy atom. The smallest absolute Gasteiger partial charge is 0.395 e. The summed E-state index contributed by atoms with van der Waals surface area (Å²) in [7, 11) is 0. The van der Waals surface area contributed by atoms with Crippen molar-refractivity contribution in [2.45, 2.75) is 27.1 Å². The molecule has 30 heavy (non-hydrogen) atoms. The van der Waals surface area contributed by atoms with Crippen molar-refractivity contribution in [1.29, 1.82) is 0 Å². The van der Waals surface area contributed by atoms with Crippen molar-refractivity contribution in [3.8, 4) is 22.6 Å². The summed E-state index contributed by atoms with van der Waals surface area (Å²) in [6.45, 7) is 5.78. The molecule has 1 aliphatic rings. The van der Waals surface area contributed by atoms with E-state index in [1.165, 1.54) is 24.5 Å². The zero-order valence-corrected chi connectivity index (χ0v) is 17.1. The lowest BCUT2D eigenvalue weighted by Crippen LogP contribution is -2.25. The third-order valence-electron chi connectivity index (χ3n) is 4.07. The molecule has 1 aliphatic heterocycles. The molecule has 0 bridgehead atoms. The van der Waals surface area contributed by atoms with Crippen LogP contribution in [0.25, 0.3) is 11.1 Å². The molecule has 156 valence electrons. The lowest BCUT2D eigenvalue weighted by molar-refractivity contribution is -0.286. The number of hydrogen-bond acceptors (Lipinski definition) is 5. The number of nitrogens with one attached hydrogen (secondary N) is 1. The fourth-order valence-electron chi connectivity index (χ4n) is 2.73. The fraction of sp³-hybridized carbons (Fsp3) is 0.190. The molecule has 9 heteroatoms. The van der Waals surface area contributed by atoms with Crippen LogP contribution in [-0.4, -0.2) is 22.2 Å². The van der Waals surface area contributed by atoms with E-state index in [9.17, 15) is 13.6 Å². The Bertz CT molecular complexity index is 1080. The molecule has 1 aromatic carbocycles. The van der Waals surface area contributed by atoms with E-state index in [1.54, 1.807) is 31.3 Å². The Balaban J connectivity index is 0.00000124. The van der Waals surface area contributed by atoms with E-state index in [2.05, 4.69) is 24.8 Å². The Labute approximate surface area is 176 Å². The molecule has 3 heterocycles. The number of benzene rings is 1. The van der Waals surface area contributed by atoms with Crippen molar-refractivity contribution < 1.29 is 23.0 Å². The Kier molecular flexibility index (Phi) is 6.17. The molecule has 2 aromatic heterocycles. The second-order valence-corrected chi connectivity index (χ2v) is 6.43. The molecular weight excluding hydrogens is 416 g/mol. The first kappa shape index (κ1) is 21.4. The van der Waals surface area contributed by atoms with Gasteiger partial charge in [0.2, 0.25) is 0 Å². The van der Waals surface area contributed by atoms with Gasteiger partial charge in [0, 0.05) is 41.3 Å². The standard InChI is InChI=1S/C19H12ClF2N3O3.C2H6/c1-10-8-23-5-4-12(10)18(26)25-17-3-2-11(9-24-17)13-6-15-16(7-14(13)20)28-19(21,22)27-15;1-2/h2-9H,1H3,(H,24,25,26);1-2H3. The summed E-state index contributed by atoms with van der Waals surface area (Å²) in [6.07, 6.45) is 0.874. The SMILES string of the molecule is CC.Cc1cnccc1C(=O)Nc1ccc(-c2cc3c(cc2Cl)OC(F)(F)O3)cn1. The average molecular weight is 434 g/mol. The number of rotatable bonds is 3. The molecule has 3 aromatic rings. The molecular formula is C21H18ClF2N3O3. The van der Waals surface area contributed by atoms with Crippen LogP contribution < -0.4 is 14.8 Å². The van der Waals surface area contributed by atoms with Gasteiger partial charge in [-0.1, -0.05) is 25.4 Å². The number of aryl methyl sites for hydroxylation is 1. The number of anilines is 1. The first-order valence-electron chi connectivity index (χ1n) is 9.10.